The number of hydrogen-bond donors (Lipinski definition) is 1. The van der Waals surface area contributed by atoms with Gasteiger partial charge in [0.2, 0.25) is 6.79 Å². The third kappa shape index (κ3) is 1.76. The van der Waals surface area contributed by atoms with Gasteiger partial charge in [0, 0.05) is 12.0 Å². The van der Waals surface area contributed by atoms with Crippen molar-refractivity contribution in [1.82, 2.24) is 0 Å². The molecule has 0 aromatic heterocycles. The third-order valence-corrected chi connectivity index (χ3v) is 5.72. The summed E-state index contributed by atoms with van der Waals surface area (Å²) in [5.74, 6) is 1.76. The Labute approximate surface area is 120 Å². The zero-order valence-corrected chi connectivity index (χ0v) is 12.0. The van der Waals surface area contributed by atoms with Gasteiger partial charge in [-0.1, -0.05) is 25.3 Å². The van der Waals surface area contributed by atoms with Crippen LogP contribution in [-0.4, -0.2) is 13.3 Å². The van der Waals surface area contributed by atoms with Crippen LogP contribution in [-0.2, 0) is 5.41 Å². The molecule has 3 heteroatoms. The van der Waals surface area contributed by atoms with E-state index in [1.165, 1.54) is 50.5 Å². The van der Waals surface area contributed by atoms with Crippen molar-refractivity contribution in [2.45, 2.75) is 50.4 Å². The van der Waals surface area contributed by atoms with Crippen LogP contribution < -0.4 is 15.2 Å². The monoisotopic (exact) mass is 273 g/mol. The minimum absolute atomic E-state index is 0.179. The second kappa shape index (κ2) is 4.39. The molecule has 3 aliphatic rings. The Bertz CT molecular complexity index is 512. The van der Waals surface area contributed by atoms with Gasteiger partial charge in [-0.3, -0.25) is 0 Å². The van der Waals surface area contributed by atoms with E-state index in [4.69, 9.17) is 15.2 Å². The van der Waals surface area contributed by atoms with Crippen molar-refractivity contribution in [2.75, 3.05) is 13.3 Å². The molecule has 4 rings (SSSR count). The van der Waals surface area contributed by atoms with Crippen LogP contribution in [0.1, 0.15) is 50.5 Å². The van der Waals surface area contributed by atoms with Gasteiger partial charge in [-0.25, -0.2) is 0 Å². The highest BCUT2D eigenvalue weighted by Gasteiger charge is 2.54. The molecule has 1 aromatic carbocycles. The Balaban J connectivity index is 1.60. The van der Waals surface area contributed by atoms with Gasteiger partial charge in [-0.05, 0) is 48.8 Å². The van der Waals surface area contributed by atoms with E-state index in [9.17, 15) is 0 Å². The average molecular weight is 273 g/mol. The van der Waals surface area contributed by atoms with Gasteiger partial charge in [0.05, 0.1) is 0 Å². The molecule has 3 nitrogen and oxygen atoms in total. The molecule has 1 aliphatic heterocycles. The number of rotatable bonds is 2. The molecule has 2 aliphatic carbocycles. The molecule has 20 heavy (non-hydrogen) atoms. The molecule has 2 N–H and O–H groups in total. The molecular weight excluding hydrogens is 250 g/mol. The van der Waals surface area contributed by atoms with Crippen LogP contribution in [0.5, 0.6) is 11.5 Å². The van der Waals surface area contributed by atoms with Gasteiger partial charge in [0.25, 0.3) is 0 Å². The molecule has 1 heterocycles. The van der Waals surface area contributed by atoms with Gasteiger partial charge in [-0.2, -0.15) is 0 Å². The number of hydrogen-bond acceptors (Lipinski definition) is 3. The number of nitrogens with two attached hydrogens (primary N) is 1. The fraction of sp³-hybridized carbons (Fsp3) is 0.647. The van der Waals surface area contributed by atoms with Crippen LogP contribution >= 0.6 is 0 Å². The van der Waals surface area contributed by atoms with Crippen LogP contribution in [0.25, 0.3) is 0 Å². The maximum absolute atomic E-state index is 6.16. The Morgan fingerprint density at radius 1 is 1.00 bits per heavy atom. The predicted molar refractivity (Wildman–Crippen MR) is 78.0 cm³/mol. The van der Waals surface area contributed by atoms with Gasteiger partial charge in [-0.15, -0.1) is 0 Å². The van der Waals surface area contributed by atoms with Crippen LogP contribution in [0.4, 0.5) is 0 Å². The highest BCUT2D eigenvalue weighted by molar-refractivity contribution is 5.47. The van der Waals surface area contributed by atoms with E-state index in [0.29, 0.717) is 12.2 Å². The van der Waals surface area contributed by atoms with Crippen molar-refractivity contribution in [1.29, 1.82) is 0 Å². The highest BCUT2D eigenvalue weighted by atomic mass is 16.7. The molecule has 0 amide bonds. The van der Waals surface area contributed by atoms with E-state index in [1.54, 1.807) is 0 Å². The Hall–Kier alpha value is -1.22. The Kier molecular flexibility index (Phi) is 2.75. The summed E-state index contributed by atoms with van der Waals surface area (Å²) in [5.41, 5.74) is 8.28. The summed E-state index contributed by atoms with van der Waals surface area (Å²) in [5, 5.41) is 0. The molecule has 0 bridgehead atoms. The summed E-state index contributed by atoms with van der Waals surface area (Å²) in [6.45, 7) is 1.09. The lowest BCUT2D eigenvalue weighted by Gasteiger charge is -2.58. The van der Waals surface area contributed by atoms with E-state index < -0.39 is 0 Å². The fourth-order valence-electron chi connectivity index (χ4n) is 4.73. The van der Waals surface area contributed by atoms with Crippen LogP contribution in [0, 0.1) is 5.41 Å². The quantitative estimate of drug-likeness (QED) is 0.898. The van der Waals surface area contributed by atoms with Gasteiger partial charge in [0.1, 0.15) is 0 Å². The zero-order valence-electron chi connectivity index (χ0n) is 12.0. The Morgan fingerprint density at radius 3 is 2.50 bits per heavy atom. The summed E-state index contributed by atoms with van der Waals surface area (Å²) < 4.78 is 10.9. The molecule has 0 saturated heterocycles. The minimum atomic E-state index is 0.179. The Morgan fingerprint density at radius 2 is 1.75 bits per heavy atom. The van der Waals surface area contributed by atoms with Crippen molar-refractivity contribution in [3.63, 3.8) is 0 Å². The highest BCUT2D eigenvalue weighted by Crippen LogP contribution is 2.61. The average Bonchev–Trinajstić information content (AvgIpc) is 2.92. The number of benzene rings is 1. The number of fused-ring (bicyclic) bond motifs is 1. The SMILES string of the molecule is NCC1(c2ccc3c(c2)OCO3)CC2(CCCCC2)C1. The van der Waals surface area contributed by atoms with E-state index in [2.05, 4.69) is 12.1 Å². The smallest absolute Gasteiger partial charge is 0.231 e. The molecule has 2 saturated carbocycles. The molecule has 1 spiro atoms. The predicted octanol–water partition coefficient (Wildman–Crippen LogP) is 3.36. The molecule has 0 unspecified atom stereocenters. The first-order chi connectivity index (χ1) is 9.75. The van der Waals surface area contributed by atoms with Crippen LogP contribution in [0.2, 0.25) is 0 Å². The van der Waals surface area contributed by atoms with Crippen molar-refractivity contribution in [3.05, 3.63) is 23.8 Å². The lowest BCUT2D eigenvalue weighted by atomic mass is 9.46. The topological polar surface area (TPSA) is 44.5 Å². The molecule has 1 aromatic rings. The van der Waals surface area contributed by atoms with Crippen molar-refractivity contribution >= 4 is 0 Å². The van der Waals surface area contributed by atoms with Crippen molar-refractivity contribution < 1.29 is 9.47 Å². The first-order valence-corrected chi connectivity index (χ1v) is 7.86. The van der Waals surface area contributed by atoms with Gasteiger partial charge in [0.15, 0.2) is 11.5 Å². The maximum atomic E-state index is 6.16. The van der Waals surface area contributed by atoms with Gasteiger partial charge < -0.3 is 15.2 Å². The fourth-order valence-corrected chi connectivity index (χ4v) is 4.73. The molecule has 0 atom stereocenters. The summed E-state index contributed by atoms with van der Waals surface area (Å²) in [6, 6.07) is 6.39. The summed E-state index contributed by atoms with van der Waals surface area (Å²) >= 11 is 0. The molecular formula is C17H23NO2. The molecule has 108 valence electrons. The lowest BCUT2D eigenvalue weighted by Crippen LogP contribution is -2.54. The van der Waals surface area contributed by atoms with Crippen molar-refractivity contribution in [2.24, 2.45) is 11.1 Å². The van der Waals surface area contributed by atoms with E-state index in [0.717, 1.165) is 18.0 Å². The second-order valence-electron chi connectivity index (χ2n) is 6.97. The van der Waals surface area contributed by atoms with E-state index in [1.807, 2.05) is 6.07 Å². The minimum Gasteiger partial charge on any atom is -0.454 e. The zero-order chi connectivity index (χ0) is 13.6. The van der Waals surface area contributed by atoms with Crippen LogP contribution in [0.15, 0.2) is 18.2 Å². The number of ether oxygens (including phenoxy) is 2. The van der Waals surface area contributed by atoms with E-state index >= 15 is 0 Å². The largest absolute Gasteiger partial charge is 0.454 e. The van der Waals surface area contributed by atoms with Crippen molar-refractivity contribution in [3.8, 4) is 11.5 Å². The summed E-state index contributed by atoms with van der Waals surface area (Å²) in [7, 11) is 0. The third-order valence-electron chi connectivity index (χ3n) is 5.72. The normalized spacial score (nSPS) is 25.4. The first kappa shape index (κ1) is 12.5. The van der Waals surface area contributed by atoms with Gasteiger partial charge >= 0.3 is 0 Å². The molecule has 2 fully saturated rings. The first-order valence-electron chi connectivity index (χ1n) is 7.86. The summed E-state index contributed by atoms with van der Waals surface area (Å²) in [6.07, 6.45) is 9.55. The van der Waals surface area contributed by atoms with E-state index in [-0.39, 0.29) is 5.41 Å². The summed E-state index contributed by atoms with van der Waals surface area (Å²) in [4.78, 5) is 0. The standard InChI is InChI=1S/C17H23NO2/c18-11-17(9-16(10-17)6-2-1-3-7-16)13-4-5-14-15(8-13)20-12-19-14/h4-5,8H,1-3,6-7,9-12,18H2. The second-order valence-corrected chi connectivity index (χ2v) is 6.97. The van der Waals surface area contributed by atoms with Crippen LogP contribution in [0.3, 0.4) is 0 Å². The lowest BCUT2D eigenvalue weighted by molar-refractivity contribution is -0.00841. The molecule has 0 radical (unpaired) electrons. The maximum Gasteiger partial charge on any atom is 0.231 e.